The van der Waals surface area contributed by atoms with E-state index < -0.39 is 5.60 Å². The van der Waals surface area contributed by atoms with Gasteiger partial charge < -0.3 is 9.84 Å². The minimum atomic E-state index is -0.610. The summed E-state index contributed by atoms with van der Waals surface area (Å²) in [6.45, 7) is 10.5. The number of carbonyl (C=O) groups excluding carboxylic acids is 1. The number of allylic oxidation sites excluding steroid dienone is 1. The van der Waals surface area contributed by atoms with Gasteiger partial charge in [0.15, 0.2) is 0 Å². The number of ether oxygens (including phenoxy) is 1. The first-order valence-electron chi connectivity index (χ1n) is 9.20. The molecule has 0 aliphatic heterocycles. The Balaban J connectivity index is 2.06. The minimum absolute atomic E-state index is 0.186. The predicted octanol–water partition coefficient (Wildman–Crippen LogP) is 4.49. The van der Waals surface area contributed by atoms with Gasteiger partial charge in [0.05, 0.1) is 12.2 Å². The van der Waals surface area contributed by atoms with Gasteiger partial charge in [0.1, 0.15) is 0 Å². The van der Waals surface area contributed by atoms with Crippen LogP contribution in [0.1, 0.15) is 73.1 Å². The SMILES string of the molecule is C/C=C(\C)C(=O)OC[C@H]1CCC[C@]2(C)CC[C@@H](C(C)(C)O)C[C@@H]12. The third-order valence-corrected chi connectivity index (χ3v) is 6.57. The van der Waals surface area contributed by atoms with Gasteiger partial charge in [-0.05, 0) is 83.0 Å². The Morgan fingerprint density at radius 2 is 2.04 bits per heavy atom. The van der Waals surface area contributed by atoms with Gasteiger partial charge >= 0.3 is 5.97 Å². The summed E-state index contributed by atoms with van der Waals surface area (Å²) >= 11 is 0. The number of fused-ring (bicyclic) bond motifs is 1. The summed E-state index contributed by atoms with van der Waals surface area (Å²) in [6.07, 6.45) is 8.80. The Kier molecular flexibility index (Phi) is 5.60. The maximum Gasteiger partial charge on any atom is 0.333 e. The molecule has 2 fully saturated rings. The molecule has 0 aromatic heterocycles. The Hall–Kier alpha value is -0.830. The van der Waals surface area contributed by atoms with Crippen molar-refractivity contribution in [2.45, 2.75) is 78.7 Å². The van der Waals surface area contributed by atoms with Crippen LogP contribution in [0.25, 0.3) is 0 Å². The average molecular weight is 322 g/mol. The van der Waals surface area contributed by atoms with Crippen molar-refractivity contribution in [1.82, 2.24) is 0 Å². The standard InChI is InChI=1S/C20H34O3/c1-6-14(2)18(21)23-13-15-8-7-10-20(5)11-9-16(12-17(15)20)19(3,4)22/h6,15-17,22H,7-13H2,1-5H3/b14-6+/t15-,16-,17+,20-/m1/s1. The molecule has 1 N–H and O–H groups in total. The number of rotatable bonds is 4. The molecule has 2 saturated carbocycles. The zero-order valence-corrected chi connectivity index (χ0v) is 15.5. The lowest BCUT2D eigenvalue weighted by atomic mass is 9.53. The van der Waals surface area contributed by atoms with E-state index in [-0.39, 0.29) is 5.97 Å². The summed E-state index contributed by atoms with van der Waals surface area (Å²) in [4.78, 5) is 11.9. The third-order valence-electron chi connectivity index (χ3n) is 6.57. The van der Waals surface area contributed by atoms with E-state index in [1.807, 2.05) is 20.8 Å². The quantitative estimate of drug-likeness (QED) is 0.613. The smallest absolute Gasteiger partial charge is 0.333 e. The molecule has 3 nitrogen and oxygen atoms in total. The van der Waals surface area contributed by atoms with Crippen molar-refractivity contribution < 1.29 is 14.6 Å². The molecule has 2 aliphatic carbocycles. The Bertz CT molecular complexity index is 460. The maximum atomic E-state index is 11.9. The molecule has 2 rings (SSSR count). The molecule has 132 valence electrons. The second-order valence-corrected chi connectivity index (χ2v) is 8.61. The Morgan fingerprint density at radius 3 is 2.65 bits per heavy atom. The van der Waals surface area contributed by atoms with Crippen molar-refractivity contribution >= 4 is 5.97 Å². The summed E-state index contributed by atoms with van der Waals surface area (Å²) in [5.74, 6) is 1.16. The molecular formula is C20H34O3. The van der Waals surface area contributed by atoms with E-state index in [1.165, 1.54) is 19.3 Å². The molecule has 2 aliphatic rings. The van der Waals surface area contributed by atoms with Gasteiger partial charge in [0.25, 0.3) is 0 Å². The fraction of sp³-hybridized carbons (Fsp3) is 0.850. The van der Waals surface area contributed by atoms with E-state index >= 15 is 0 Å². The van der Waals surface area contributed by atoms with E-state index in [2.05, 4.69) is 6.92 Å². The van der Waals surface area contributed by atoms with E-state index in [0.29, 0.717) is 35.3 Å². The molecule has 4 atom stereocenters. The number of aliphatic hydroxyl groups is 1. The number of esters is 1. The lowest BCUT2D eigenvalue weighted by molar-refractivity contribution is -0.144. The van der Waals surface area contributed by atoms with Crippen molar-refractivity contribution in [2.75, 3.05) is 6.61 Å². The molecule has 0 amide bonds. The zero-order valence-electron chi connectivity index (χ0n) is 15.5. The fourth-order valence-corrected chi connectivity index (χ4v) is 4.69. The normalized spacial score (nSPS) is 35.6. The maximum absolute atomic E-state index is 11.9. The highest BCUT2D eigenvalue weighted by atomic mass is 16.5. The van der Waals surface area contributed by atoms with Gasteiger partial charge in [-0.1, -0.05) is 19.4 Å². The molecule has 0 aromatic rings. The molecule has 0 aromatic carbocycles. The number of carbonyl (C=O) groups is 1. The van der Waals surface area contributed by atoms with Crippen LogP contribution in [0.5, 0.6) is 0 Å². The third kappa shape index (κ3) is 4.17. The van der Waals surface area contributed by atoms with Gasteiger partial charge in [-0.15, -0.1) is 0 Å². The van der Waals surface area contributed by atoms with Crippen molar-refractivity contribution in [3.63, 3.8) is 0 Å². The van der Waals surface area contributed by atoms with Gasteiger partial charge in [0.2, 0.25) is 0 Å². The topological polar surface area (TPSA) is 46.5 Å². The molecule has 0 unspecified atom stereocenters. The predicted molar refractivity (Wildman–Crippen MR) is 93.0 cm³/mol. The van der Waals surface area contributed by atoms with Gasteiger partial charge in [-0.25, -0.2) is 4.79 Å². The number of hydrogen-bond acceptors (Lipinski definition) is 3. The zero-order chi connectivity index (χ0) is 17.3. The van der Waals surface area contributed by atoms with Crippen LogP contribution in [0, 0.1) is 23.2 Å². The van der Waals surface area contributed by atoms with Crippen molar-refractivity contribution in [1.29, 1.82) is 0 Å². The summed E-state index contributed by atoms with van der Waals surface area (Å²) in [5, 5.41) is 10.4. The van der Waals surface area contributed by atoms with Crippen LogP contribution in [0.3, 0.4) is 0 Å². The lowest BCUT2D eigenvalue weighted by Crippen LogP contribution is -2.47. The van der Waals surface area contributed by atoms with Crippen LogP contribution >= 0.6 is 0 Å². The molecular weight excluding hydrogens is 288 g/mol. The van der Waals surface area contributed by atoms with E-state index in [9.17, 15) is 9.90 Å². The molecule has 23 heavy (non-hydrogen) atoms. The lowest BCUT2D eigenvalue weighted by Gasteiger charge is -2.53. The van der Waals surface area contributed by atoms with Crippen molar-refractivity contribution in [2.24, 2.45) is 23.2 Å². The van der Waals surface area contributed by atoms with Crippen LogP contribution in [0.15, 0.2) is 11.6 Å². The summed E-state index contributed by atoms with van der Waals surface area (Å²) < 4.78 is 5.58. The second kappa shape index (κ2) is 6.96. The molecule has 0 bridgehead atoms. The summed E-state index contributed by atoms with van der Waals surface area (Å²) in [5.41, 5.74) is 0.426. The number of hydrogen-bond donors (Lipinski definition) is 1. The van der Waals surface area contributed by atoms with Crippen molar-refractivity contribution in [3.8, 4) is 0 Å². The van der Waals surface area contributed by atoms with Crippen LogP contribution < -0.4 is 0 Å². The highest BCUT2D eigenvalue weighted by molar-refractivity contribution is 5.87. The van der Waals surface area contributed by atoms with Gasteiger partial charge in [-0.2, -0.15) is 0 Å². The largest absolute Gasteiger partial charge is 0.462 e. The van der Waals surface area contributed by atoms with Crippen LogP contribution in [-0.2, 0) is 9.53 Å². The molecule has 0 heterocycles. The molecule has 0 saturated heterocycles. The fourth-order valence-electron chi connectivity index (χ4n) is 4.69. The summed E-state index contributed by atoms with van der Waals surface area (Å²) in [7, 11) is 0. The van der Waals surface area contributed by atoms with Gasteiger partial charge in [0, 0.05) is 5.57 Å². The first-order valence-corrected chi connectivity index (χ1v) is 9.20. The Labute approximate surface area is 141 Å². The average Bonchev–Trinajstić information content (AvgIpc) is 2.49. The summed E-state index contributed by atoms with van der Waals surface area (Å²) in [6, 6.07) is 0. The van der Waals surface area contributed by atoms with Gasteiger partial charge in [-0.3, -0.25) is 0 Å². The molecule has 0 radical (unpaired) electrons. The Morgan fingerprint density at radius 1 is 1.35 bits per heavy atom. The van der Waals surface area contributed by atoms with E-state index in [0.717, 1.165) is 19.3 Å². The molecule has 0 spiro atoms. The first-order chi connectivity index (χ1) is 10.7. The van der Waals surface area contributed by atoms with E-state index in [4.69, 9.17) is 4.74 Å². The molecule has 3 heteroatoms. The van der Waals surface area contributed by atoms with Crippen molar-refractivity contribution in [3.05, 3.63) is 11.6 Å². The highest BCUT2D eigenvalue weighted by Crippen LogP contribution is 2.55. The second-order valence-electron chi connectivity index (χ2n) is 8.61. The minimum Gasteiger partial charge on any atom is -0.462 e. The first kappa shape index (κ1) is 18.5. The van der Waals surface area contributed by atoms with Crippen LogP contribution in [0.2, 0.25) is 0 Å². The van der Waals surface area contributed by atoms with Crippen LogP contribution in [0.4, 0.5) is 0 Å². The highest BCUT2D eigenvalue weighted by Gasteiger charge is 2.48. The monoisotopic (exact) mass is 322 g/mol. The van der Waals surface area contributed by atoms with E-state index in [1.54, 1.807) is 13.0 Å². The van der Waals surface area contributed by atoms with Crippen LogP contribution in [-0.4, -0.2) is 23.3 Å².